The van der Waals surface area contributed by atoms with E-state index >= 15 is 0 Å². The maximum atomic E-state index is 12.4. The molecule has 0 spiro atoms. The van der Waals surface area contributed by atoms with Gasteiger partial charge in [0.15, 0.2) is 0 Å². The summed E-state index contributed by atoms with van der Waals surface area (Å²) in [5.74, 6) is 0.769. The summed E-state index contributed by atoms with van der Waals surface area (Å²) in [5.41, 5.74) is 0. The monoisotopic (exact) mass is 252 g/mol. The summed E-state index contributed by atoms with van der Waals surface area (Å²) in [6.45, 7) is 8.00. The second-order valence-corrected chi connectivity index (χ2v) is 6.14. The highest BCUT2D eigenvalue weighted by Gasteiger charge is 2.45. The van der Waals surface area contributed by atoms with Gasteiger partial charge < -0.3 is 10.2 Å². The molecule has 4 atom stereocenters. The summed E-state index contributed by atoms with van der Waals surface area (Å²) >= 11 is 0. The number of amides is 2. The SMILES string of the molecule is CC1NC(=O)C(C(C)C)N(C2CCCC2C)C1=O. The topological polar surface area (TPSA) is 49.4 Å². The molecule has 2 rings (SSSR count). The molecular weight excluding hydrogens is 228 g/mol. The van der Waals surface area contributed by atoms with Crippen molar-refractivity contribution in [1.29, 1.82) is 0 Å². The smallest absolute Gasteiger partial charge is 0.245 e. The van der Waals surface area contributed by atoms with Gasteiger partial charge in [0.05, 0.1) is 0 Å². The molecule has 4 unspecified atom stereocenters. The third-order valence-electron chi connectivity index (χ3n) is 4.36. The Morgan fingerprint density at radius 2 is 1.89 bits per heavy atom. The standard InChI is InChI=1S/C14H24N2O2/c1-8(2)12-13(17)15-10(4)14(18)16(12)11-7-5-6-9(11)3/h8-12H,5-7H2,1-4H3,(H,15,17). The van der Waals surface area contributed by atoms with Crippen molar-refractivity contribution in [1.82, 2.24) is 10.2 Å². The largest absolute Gasteiger partial charge is 0.343 e. The zero-order valence-electron chi connectivity index (χ0n) is 11.8. The number of piperazine rings is 1. The summed E-state index contributed by atoms with van der Waals surface area (Å²) in [6, 6.07) is -0.419. The zero-order valence-corrected chi connectivity index (χ0v) is 11.8. The van der Waals surface area contributed by atoms with Crippen molar-refractivity contribution in [3.8, 4) is 0 Å². The van der Waals surface area contributed by atoms with Crippen molar-refractivity contribution < 1.29 is 9.59 Å². The minimum absolute atomic E-state index is 0.0104. The van der Waals surface area contributed by atoms with Gasteiger partial charge in [-0.3, -0.25) is 9.59 Å². The number of nitrogens with zero attached hydrogens (tertiary/aromatic N) is 1. The van der Waals surface area contributed by atoms with Gasteiger partial charge in [0.1, 0.15) is 12.1 Å². The molecule has 0 aromatic rings. The predicted molar refractivity (Wildman–Crippen MR) is 69.9 cm³/mol. The van der Waals surface area contributed by atoms with Crippen LogP contribution in [-0.4, -0.2) is 34.8 Å². The molecule has 0 radical (unpaired) electrons. The number of hydrogen-bond acceptors (Lipinski definition) is 2. The van der Waals surface area contributed by atoms with E-state index in [0.29, 0.717) is 5.92 Å². The number of carbonyl (C=O) groups excluding carboxylic acids is 2. The highest BCUT2D eigenvalue weighted by atomic mass is 16.2. The fourth-order valence-electron chi connectivity index (χ4n) is 3.38. The number of nitrogens with one attached hydrogen (secondary N) is 1. The van der Waals surface area contributed by atoms with Crippen LogP contribution in [0.15, 0.2) is 0 Å². The Hall–Kier alpha value is -1.06. The predicted octanol–water partition coefficient (Wildman–Crippen LogP) is 1.55. The van der Waals surface area contributed by atoms with E-state index in [1.54, 1.807) is 6.92 Å². The Labute approximate surface area is 109 Å². The Morgan fingerprint density at radius 3 is 2.39 bits per heavy atom. The first-order valence-corrected chi connectivity index (χ1v) is 7.06. The molecule has 2 aliphatic rings. The number of carbonyl (C=O) groups is 2. The second-order valence-electron chi connectivity index (χ2n) is 6.14. The van der Waals surface area contributed by atoms with Crippen LogP contribution >= 0.6 is 0 Å². The van der Waals surface area contributed by atoms with E-state index in [2.05, 4.69) is 12.2 Å². The Kier molecular flexibility index (Phi) is 3.64. The van der Waals surface area contributed by atoms with Crippen molar-refractivity contribution in [2.24, 2.45) is 11.8 Å². The van der Waals surface area contributed by atoms with E-state index in [4.69, 9.17) is 0 Å². The maximum absolute atomic E-state index is 12.4. The van der Waals surface area contributed by atoms with Crippen LogP contribution in [0.4, 0.5) is 0 Å². The van der Waals surface area contributed by atoms with Crippen LogP contribution in [0, 0.1) is 11.8 Å². The van der Waals surface area contributed by atoms with Crippen molar-refractivity contribution in [3.05, 3.63) is 0 Å². The molecule has 1 N–H and O–H groups in total. The lowest BCUT2D eigenvalue weighted by molar-refractivity contribution is -0.154. The molecule has 0 bridgehead atoms. The van der Waals surface area contributed by atoms with Crippen LogP contribution in [0.25, 0.3) is 0 Å². The first-order chi connectivity index (χ1) is 8.43. The lowest BCUT2D eigenvalue weighted by Crippen LogP contribution is -2.66. The maximum Gasteiger partial charge on any atom is 0.245 e. The molecule has 1 saturated carbocycles. The van der Waals surface area contributed by atoms with E-state index in [0.717, 1.165) is 19.3 Å². The summed E-state index contributed by atoms with van der Waals surface area (Å²) < 4.78 is 0. The third-order valence-corrected chi connectivity index (χ3v) is 4.36. The van der Waals surface area contributed by atoms with Gasteiger partial charge in [0, 0.05) is 6.04 Å². The van der Waals surface area contributed by atoms with Gasteiger partial charge in [-0.25, -0.2) is 0 Å². The van der Waals surface area contributed by atoms with E-state index in [9.17, 15) is 9.59 Å². The molecule has 102 valence electrons. The van der Waals surface area contributed by atoms with Crippen molar-refractivity contribution in [2.75, 3.05) is 0 Å². The Bertz CT molecular complexity index is 354. The normalized spacial score (nSPS) is 37.3. The lowest BCUT2D eigenvalue weighted by Gasteiger charge is -2.44. The summed E-state index contributed by atoms with van der Waals surface area (Å²) in [4.78, 5) is 26.5. The molecule has 0 aromatic carbocycles. The van der Waals surface area contributed by atoms with Crippen molar-refractivity contribution in [2.45, 2.75) is 65.1 Å². The highest BCUT2D eigenvalue weighted by Crippen LogP contribution is 2.33. The molecule has 4 heteroatoms. The fraction of sp³-hybridized carbons (Fsp3) is 0.857. The molecule has 2 fully saturated rings. The molecule has 18 heavy (non-hydrogen) atoms. The molecule has 4 nitrogen and oxygen atoms in total. The van der Waals surface area contributed by atoms with E-state index in [1.165, 1.54) is 0 Å². The minimum Gasteiger partial charge on any atom is -0.343 e. The first kappa shape index (κ1) is 13.4. The Balaban J connectivity index is 2.30. The lowest BCUT2D eigenvalue weighted by atomic mass is 9.92. The minimum atomic E-state index is -0.375. The molecular formula is C14H24N2O2. The molecule has 0 aromatic heterocycles. The quantitative estimate of drug-likeness (QED) is 0.810. The van der Waals surface area contributed by atoms with Crippen LogP contribution in [0.5, 0.6) is 0 Å². The van der Waals surface area contributed by atoms with Crippen molar-refractivity contribution in [3.63, 3.8) is 0 Å². The summed E-state index contributed by atoms with van der Waals surface area (Å²) in [7, 11) is 0. The van der Waals surface area contributed by atoms with Crippen LogP contribution in [0.3, 0.4) is 0 Å². The fourth-order valence-corrected chi connectivity index (χ4v) is 3.38. The molecule has 1 aliphatic carbocycles. The van der Waals surface area contributed by atoms with Gasteiger partial charge >= 0.3 is 0 Å². The summed E-state index contributed by atoms with van der Waals surface area (Å²) in [6.07, 6.45) is 3.36. The Morgan fingerprint density at radius 1 is 1.22 bits per heavy atom. The zero-order chi connectivity index (χ0) is 13.4. The van der Waals surface area contributed by atoms with E-state index < -0.39 is 0 Å². The van der Waals surface area contributed by atoms with E-state index in [-0.39, 0.29) is 35.9 Å². The van der Waals surface area contributed by atoms with Gasteiger partial charge in [0.2, 0.25) is 11.8 Å². The molecule has 1 heterocycles. The summed E-state index contributed by atoms with van der Waals surface area (Å²) in [5, 5.41) is 2.80. The van der Waals surface area contributed by atoms with Crippen LogP contribution < -0.4 is 5.32 Å². The van der Waals surface area contributed by atoms with Gasteiger partial charge in [0.25, 0.3) is 0 Å². The van der Waals surface area contributed by atoms with Crippen LogP contribution in [-0.2, 0) is 9.59 Å². The molecule has 2 amide bonds. The van der Waals surface area contributed by atoms with Crippen LogP contribution in [0.2, 0.25) is 0 Å². The third kappa shape index (κ3) is 2.13. The van der Waals surface area contributed by atoms with Gasteiger partial charge in [-0.05, 0) is 31.6 Å². The first-order valence-electron chi connectivity index (χ1n) is 7.06. The molecule has 1 aliphatic heterocycles. The van der Waals surface area contributed by atoms with Gasteiger partial charge in [-0.2, -0.15) is 0 Å². The van der Waals surface area contributed by atoms with Crippen molar-refractivity contribution >= 4 is 11.8 Å². The number of rotatable bonds is 2. The van der Waals surface area contributed by atoms with Gasteiger partial charge in [-0.1, -0.05) is 27.2 Å². The number of hydrogen-bond donors (Lipinski definition) is 1. The van der Waals surface area contributed by atoms with Crippen LogP contribution in [0.1, 0.15) is 47.0 Å². The second kappa shape index (κ2) is 4.90. The van der Waals surface area contributed by atoms with E-state index in [1.807, 2.05) is 18.7 Å². The average Bonchev–Trinajstić information content (AvgIpc) is 2.68. The van der Waals surface area contributed by atoms with Gasteiger partial charge in [-0.15, -0.1) is 0 Å². The average molecular weight is 252 g/mol. The molecule has 1 saturated heterocycles. The highest BCUT2D eigenvalue weighted by molar-refractivity contribution is 5.97.